The number of fused-ring (bicyclic) bond motifs is 10. The molecule has 0 spiro atoms. The molecule has 210 valence electrons. The summed E-state index contributed by atoms with van der Waals surface area (Å²) in [6, 6.07) is 60.1. The van der Waals surface area contributed by atoms with E-state index >= 15 is 0 Å². The van der Waals surface area contributed by atoms with Gasteiger partial charge in [-0.1, -0.05) is 127 Å². The number of aromatic nitrogens is 2. The average molecular weight is 573 g/mol. The molecule has 10 rings (SSSR count). The second-order valence-electron chi connectivity index (χ2n) is 12.1. The molecule has 0 saturated carbocycles. The van der Waals surface area contributed by atoms with Gasteiger partial charge in [0.05, 0.1) is 22.1 Å². The number of benzene rings is 7. The fourth-order valence-electron chi connectivity index (χ4n) is 7.97. The van der Waals surface area contributed by atoms with E-state index in [4.69, 9.17) is 0 Å². The largest absolute Gasteiger partial charge is 0.307 e. The molecule has 2 heterocycles. The molecular formula is C43H28N2. The number of nitrogens with zero attached hydrogens (tertiary/aromatic N) is 2. The first-order valence-corrected chi connectivity index (χ1v) is 15.7. The molecule has 1 aliphatic carbocycles. The topological polar surface area (TPSA) is 9.86 Å². The molecular weight excluding hydrogens is 544 g/mol. The number of hydrogen-bond donors (Lipinski definition) is 0. The van der Waals surface area contributed by atoms with Crippen LogP contribution in [0.2, 0.25) is 0 Å². The van der Waals surface area contributed by atoms with Gasteiger partial charge in [0.25, 0.3) is 0 Å². The Morgan fingerprint density at radius 3 is 1.47 bits per heavy atom. The average Bonchev–Trinajstić information content (AvgIpc) is 3.75. The predicted molar refractivity (Wildman–Crippen MR) is 188 cm³/mol. The minimum Gasteiger partial charge on any atom is -0.307 e. The van der Waals surface area contributed by atoms with Crippen molar-refractivity contribution in [2.75, 3.05) is 0 Å². The number of para-hydroxylation sites is 3. The first-order valence-electron chi connectivity index (χ1n) is 15.7. The van der Waals surface area contributed by atoms with Crippen LogP contribution in [0.25, 0.3) is 66.1 Å². The Bertz CT molecular complexity index is 2550. The first-order chi connectivity index (χ1) is 22.4. The summed E-state index contributed by atoms with van der Waals surface area (Å²) in [4.78, 5) is 0. The molecule has 9 aromatic rings. The van der Waals surface area contributed by atoms with E-state index in [-0.39, 0.29) is 5.92 Å². The zero-order valence-electron chi connectivity index (χ0n) is 24.6. The van der Waals surface area contributed by atoms with Crippen LogP contribution in [0.3, 0.4) is 0 Å². The molecule has 0 aliphatic heterocycles. The van der Waals surface area contributed by atoms with Crippen molar-refractivity contribution in [3.8, 4) is 22.5 Å². The summed E-state index contributed by atoms with van der Waals surface area (Å²) in [5, 5.41) is 5.06. The van der Waals surface area contributed by atoms with E-state index in [0.717, 1.165) is 0 Å². The molecule has 0 unspecified atom stereocenters. The molecule has 0 fully saturated rings. The molecule has 2 aromatic heterocycles. The highest BCUT2D eigenvalue weighted by Crippen LogP contribution is 2.48. The van der Waals surface area contributed by atoms with E-state index in [2.05, 4.69) is 173 Å². The molecule has 0 atom stereocenters. The van der Waals surface area contributed by atoms with Crippen LogP contribution in [-0.4, -0.2) is 9.13 Å². The van der Waals surface area contributed by atoms with E-state index in [1.165, 1.54) is 82.8 Å². The third-order valence-electron chi connectivity index (χ3n) is 9.78. The summed E-state index contributed by atoms with van der Waals surface area (Å²) in [5.41, 5.74) is 14.0. The van der Waals surface area contributed by atoms with Gasteiger partial charge >= 0.3 is 0 Å². The normalized spacial score (nSPS) is 12.8. The van der Waals surface area contributed by atoms with Crippen molar-refractivity contribution in [2.45, 2.75) is 5.92 Å². The molecule has 2 nitrogen and oxygen atoms in total. The van der Waals surface area contributed by atoms with Crippen molar-refractivity contribution in [2.24, 2.45) is 0 Å². The summed E-state index contributed by atoms with van der Waals surface area (Å²) in [6.07, 6.45) is 0. The van der Waals surface area contributed by atoms with E-state index in [9.17, 15) is 0 Å². The summed E-state index contributed by atoms with van der Waals surface area (Å²) < 4.78 is 4.96. The van der Waals surface area contributed by atoms with Gasteiger partial charge in [-0.15, -0.1) is 0 Å². The third-order valence-corrected chi connectivity index (χ3v) is 9.78. The Morgan fingerprint density at radius 2 is 0.844 bits per heavy atom. The smallest absolute Gasteiger partial charge is 0.0788 e. The SMILES string of the molecule is c1ccc(-n2c3ccccc3c3ccc4c5ccccc5n(-c5cccc(C6c7ccccc7-c7ccccc76)c5)c4c32)cc1. The van der Waals surface area contributed by atoms with Crippen LogP contribution < -0.4 is 0 Å². The summed E-state index contributed by atoms with van der Waals surface area (Å²) in [6.45, 7) is 0. The lowest BCUT2D eigenvalue weighted by atomic mass is 9.89. The van der Waals surface area contributed by atoms with Crippen LogP contribution in [0.5, 0.6) is 0 Å². The monoisotopic (exact) mass is 572 g/mol. The highest BCUT2D eigenvalue weighted by atomic mass is 15.0. The maximum absolute atomic E-state index is 2.50. The van der Waals surface area contributed by atoms with Crippen molar-refractivity contribution in [1.29, 1.82) is 0 Å². The zero-order valence-corrected chi connectivity index (χ0v) is 24.6. The van der Waals surface area contributed by atoms with Crippen LogP contribution in [0.1, 0.15) is 22.6 Å². The summed E-state index contributed by atoms with van der Waals surface area (Å²) in [7, 11) is 0. The maximum Gasteiger partial charge on any atom is 0.0788 e. The van der Waals surface area contributed by atoms with Gasteiger partial charge in [0, 0.05) is 38.8 Å². The van der Waals surface area contributed by atoms with E-state index in [1.54, 1.807) is 0 Å². The second kappa shape index (κ2) is 9.32. The molecule has 0 N–H and O–H groups in total. The standard InChI is InChI=1S/C43H28N2/c1-2-14-29(15-3-1)44-39-23-10-8-19-33(39)37-25-26-38-34-20-9-11-24-40(34)45(43(38)42(37)44)30-16-12-13-28(27-30)41-35-21-6-4-17-31(35)32-18-5-7-22-36(32)41/h1-27,41H. The van der Waals surface area contributed by atoms with E-state index in [0.29, 0.717) is 0 Å². The first kappa shape index (κ1) is 24.6. The third kappa shape index (κ3) is 3.39. The Kier molecular flexibility index (Phi) is 5.09. The Labute approximate surface area is 261 Å². The van der Waals surface area contributed by atoms with Gasteiger partial charge in [0.1, 0.15) is 0 Å². The lowest BCUT2D eigenvalue weighted by Gasteiger charge is -2.17. The van der Waals surface area contributed by atoms with Crippen molar-refractivity contribution in [3.05, 3.63) is 180 Å². The molecule has 0 amide bonds. The molecule has 0 saturated heterocycles. The number of rotatable bonds is 3. The van der Waals surface area contributed by atoms with Gasteiger partial charge in [-0.25, -0.2) is 0 Å². The number of hydrogen-bond acceptors (Lipinski definition) is 0. The highest BCUT2D eigenvalue weighted by Gasteiger charge is 2.30. The van der Waals surface area contributed by atoms with Crippen molar-refractivity contribution in [3.63, 3.8) is 0 Å². The van der Waals surface area contributed by atoms with Crippen LogP contribution >= 0.6 is 0 Å². The fourth-order valence-corrected chi connectivity index (χ4v) is 7.97. The highest BCUT2D eigenvalue weighted by molar-refractivity contribution is 6.23. The molecule has 2 heteroatoms. The lowest BCUT2D eigenvalue weighted by molar-refractivity contribution is 1.01. The van der Waals surface area contributed by atoms with Crippen LogP contribution in [-0.2, 0) is 0 Å². The molecule has 7 aromatic carbocycles. The Hall–Kier alpha value is -5.86. The van der Waals surface area contributed by atoms with Gasteiger partial charge in [-0.3, -0.25) is 0 Å². The van der Waals surface area contributed by atoms with Gasteiger partial charge < -0.3 is 9.13 Å². The lowest BCUT2D eigenvalue weighted by Crippen LogP contribution is -2.02. The van der Waals surface area contributed by atoms with E-state index < -0.39 is 0 Å². The maximum atomic E-state index is 2.50. The van der Waals surface area contributed by atoms with Crippen molar-refractivity contribution >= 4 is 43.6 Å². The zero-order chi connectivity index (χ0) is 29.5. The summed E-state index contributed by atoms with van der Waals surface area (Å²) in [5.74, 6) is 0.196. The minimum absolute atomic E-state index is 0.196. The molecule has 1 aliphatic rings. The molecule has 0 radical (unpaired) electrons. The van der Waals surface area contributed by atoms with Gasteiger partial charge in [-0.05, 0) is 64.2 Å². The van der Waals surface area contributed by atoms with Crippen molar-refractivity contribution in [1.82, 2.24) is 9.13 Å². The molecule has 45 heavy (non-hydrogen) atoms. The quantitative estimate of drug-likeness (QED) is 0.199. The second-order valence-corrected chi connectivity index (χ2v) is 12.1. The van der Waals surface area contributed by atoms with E-state index in [1.807, 2.05) is 0 Å². The van der Waals surface area contributed by atoms with Crippen molar-refractivity contribution < 1.29 is 0 Å². The Balaban J connectivity index is 1.32. The fraction of sp³-hybridized carbons (Fsp3) is 0.0233. The predicted octanol–water partition coefficient (Wildman–Crippen LogP) is 11.0. The van der Waals surface area contributed by atoms with Gasteiger partial charge in [0.15, 0.2) is 0 Å². The van der Waals surface area contributed by atoms with Gasteiger partial charge in [0.2, 0.25) is 0 Å². The molecule has 0 bridgehead atoms. The minimum atomic E-state index is 0.196. The Morgan fingerprint density at radius 1 is 0.356 bits per heavy atom. The van der Waals surface area contributed by atoms with Crippen LogP contribution in [0, 0.1) is 0 Å². The summed E-state index contributed by atoms with van der Waals surface area (Å²) >= 11 is 0. The van der Waals surface area contributed by atoms with Crippen LogP contribution in [0.15, 0.2) is 164 Å². The van der Waals surface area contributed by atoms with Crippen LogP contribution in [0.4, 0.5) is 0 Å². The van der Waals surface area contributed by atoms with Gasteiger partial charge in [-0.2, -0.15) is 0 Å².